The van der Waals surface area contributed by atoms with Gasteiger partial charge in [-0.2, -0.15) is 16.8 Å². The second-order valence-electron chi connectivity index (χ2n) is 4.56. The lowest BCUT2D eigenvalue weighted by Gasteiger charge is -1.92. The van der Waals surface area contributed by atoms with E-state index in [2.05, 4.69) is 23.8 Å². The van der Waals surface area contributed by atoms with Crippen molar-refractivity contribution in [3.05, 3.63) is 32.2 Å². The molecule has 0 aliphatic carbocycles. The van der Waals surface area contributed by atoms with Crippen LogP contribution in [0.15, 0.2) is 11.0 Å². The Labute approximate surface area is 150 Å². The summed E-state index contributed by atoms with van der Waals surface area (Å²) in [6, 6.07) is 0. The topological polar surface area (TPSA) is 135 Å². The van der Waals surface area contributed by atoms with Crippen LogP contribution in [0.1, 0.15) is 21.1 Å². The fraction of sp³-hybridized carbons (Fsp3) is 0.500. The van der Waals surface area contributed by atoms with Crippen molar-refractivity contribution in [2.75, 3.05) is 11.5 Å². The van der Waals surface area contributed by atoms with Crippen molar-refractivity contribution in [1.29, 1.82) is 0 Å². The minimum atomic E-state index is -4.30. The monoisotopic (exact) mass is 416 g/mol. The summed E-state index contributed by atoms with van der Waals surface area (Å²) in [6.07, 6.45) is 0. The van der Waals surface area contributed by atoms with Crippen LogP contribution in [0.4, 0.5) is 0 Å². The quantitative estimate of drug-likeness (QED) is 0.728. The third-order valence-electron chi connectivity index (χ3n) is 2.57. The van der Waals surface area contributed by atoms with E-state index in [0.717, 1.165) is 11.4 Å². The number of aromatic nitrogens is 2. The third-order valence-corrected chi connectivity index (χ3v) is 5.99. The molecule has 0 aromatic carbocycles. The van der Waals surface area contributed by atoms with Crippen LogP contribution >= 0.6 is 22.7 Å². The molecule has 0 aliphatic heterocycles. The molecule has 0 saturated carbocycles. The molecule has 0 bridgehead atoms. The smallest absolute Gasteiger partial charge is 0.265 e. The molecule has 2 N–H and O–H groups in total. The summed E-state index contributed by atoms with van der Waals surface area (Å²) in [4.78, 5) is 10.7. The molecule has 0 amide bonds. The first-order valence-electron chi connectivity index (χ1n) is 6.45. The molecule has 2 rings (SSSR count). The van der Waals surface area contributed by atoms with E-state index in [-0.39, 0.29) is 0 Å². The average molecular weight is 417 g/mol. The van der Waals surface area contributed by atoms with Gasteiger partial charge in [0.25, 0.3) is 20.2 Å². The number of rotatable bonds is 3. The molecule has 0 atom stereocenters. The van der Waals surface area contributed by atoms with Crippen LogP contribution in [0.5, 0.6) is 0 Å². The number of hydrogen-bond donors (Lipinski definition) is 2. The fourth-order valence-electron chi connectivity index (χ4n) is 0.932. The van der Waals surface area contributed by atoms with Crippen LogP contribution in [0.3, 0.4) is 0 Å². The van der Waals surface area contributed by atoms with Crippen molar-refractivity contribution in [2.45, 2.75) is 27.7 Å². The molecular weight excluding hydrogens is 396 g/mol. The maximum atomic E-state index is 9.86. The van der Waals surface area contributed by atoms with E-state index in [0.29, 0.717) is 0 Å². The van der Waals surface area contributed by atoms with E-state index < -0.39 is 31.7 Å². The van der Waals surface area contributed by atoms with Crippen molar-refractivity contribution in [3.8, 4) is 0 Å². The van der Waals surface area contributed by atoms with Gasteiger partial charge in [0, 0.05) is 9.75 Å². The Morgan fingerprint density at radius 2 is 1.08 bits per heavy atom. The summed E-state index contributed by atoms with van der Waals surface area (Å²) >= 11 is 3.39. The van der Waals surface area contributed by atoms with E-state index in [1.54, 1.807) is 22.7 Å². The molecule has 0 spiro atoms. The Hall–Kier alpha value is -0.920. The van der Waals surface area contributed by atoms with Crippen molar-refractivity contribution in [2.24, 2.45) is 0 Å². The highest BCUT2D eigenvalue weighted by Gasteiger charge is 2.11. The largest absolute Gasteiger partial charge is 0.286 e. The average Bonchev–Trinajstić information content (AvgIpc) is 2.97. The lowest BCUT2D eigenvalue weighted by atomic mass is 10.4. The minimum absolute atomic E-state index is 0.980. The maximum absolute atomic E-state index is 9.86. The summed E-state index contributed by atoms with van der Waals surface area (Å²) in [6.45, 7) is 8.19. The molecule has 0 unspecified atom stereocenters. The van der Waals surface area contributed by atoms with E-state index in [4.69, 9.17) is 9.11 Å². The van der Waals surface area contributed by atoms with Crippen molar-refractivity contribution < 1.29 is 25.9 Å². The number of hydrogen-bond acceptors (Lipinski definition) is 8. The Kier molecular flexibility index (Phi) is 9.77. The van der Waals surface area contributed by atoms with E-state index in [1.165, 1.54) is 9.75 Å². The second-order valence-corrected chi connectivity index (χ2v) is 9.82. The number of aryl methyl sites for hydroxylation is 4. The van der Waals surface area contributed by atoms with Gasteiger partial charge in [-0.3, -0.25) is 9.11 Å². The Bertz CT molecular complexity index is 720. The predicted molar refractivity (Wildman–Crippen MR) is 96.0 cm³/mol. The summed E-state index contributed by atoms with van der Waals surface area (Å²) in [5, 5.41) is 0. The normalized spacial score (nSPS) is 11.1. The summed E-state index contributed by atoms with van der Waals surface area (Å²) < 4.78 is 55.4. The SMILES string of the molecule is Cc1ncsc1C.Cc1ncsc1C.O=S(=O)(O)CCS(=O)(=O)O. The molecule has 8 nitrogen and oxygen atoms in total. The fourth-order valence-corrected chi connectivity index (χ4v) is 3.80. The van der Waals surface area contributed by atoms with Gasteiger partial charge in [0.1, 0.15) is 0 Å². The predicted octanol–water partition coefficient (Wildman–Crippen LogP) is 2.28. The van der Waals surface area contributed by atoms with E-state index in [1.807, 2.05) is 24.9 Å². The van der Waals surface area contributed by atoms with Crippen LogP contribution in [-0.2, 0) is 20.2 Å². The van der Waals surface area contributed by atoms with E-state index in [9.17, 15) is 16.8 Å². The molecule has 0 fully saturated rings. The van der Waals surface area contributed by atoms with Gasteiger partial charge < -0.3 is 0 Å². The molecule has 2 aromatic heterocycles. The molecule has 0 radical (unpaired) electrons. The molecule has 0 aliphatic rings. The molecule has 2 aromatic rings. The zero-order valence-electron chi connectivity index (χ0n) is 13.6. The van der Waals surface area contributed by atoms with Crippen LogP contribution in [-0.4, -0.2) is 47.4 Å². The van der Waals surface area contributed by atoms with Crippen molar-refractivity contribution in [3.63, 3.8) is 0 Å². The van der Waals surface area contributed by atoms with Crippen molar-refractivity contribution in [1.82, 2.24) is 9.97 Å². The summed E-state index contributed by atoms with van der Waals surface area (Å²) in [5.41, 5.74) is 6.05. The third kappa shape index (κ3) is 12.5. The van der Waals surface area contributed by atoms with Crippen LogP contribution in [0.25, 0.3) is 0 Å². The van der Waals surface area contributed by atoms with Gasteiger partial charge in [-0.05, 0) is 27.7 Å². The molecular formula is C12H20N2O6S4. The van der Waals surface area contributed by atoms with Crippen molar-refractivity contribution >= 4 is 42.9 Å². The number of nitrogens with zero attached hydrogens (tertiary/aromatic N) is 2. The molecule has 2 heterocycles. The van der Waals surface area contributed by atoms with Gasteiger partial charge in [-0.25, -0.2) is 9.97 Å². The first-order valence-corrected chi connectivity index (χ1v) is 11.4. The van der Waals surface area contributed by atoms with Gasteiger partial charge in [-0.1, -0.05) is 0 Å². The van der Waals surface area contributed by atoms with Gasteiger partial charge in [0.05, 0.1) is 33.9 Å². The molecule has 0 saturated heterocycles. The first-order chi connectivity index (χ1) is 10.8. The van der Waals surface area contributed by atoms with Gasteiger partial charge in [-0.15, -0.1) is 22.7 Å². The Morgan fingerprint density at radius 3 is 1.17 bits per heavy atom. The standard InChI is InChI=1S/2C5H7NS.C2H6O6S2/c2*1-4-5(2)7-3-6-4;3-9(4,5)1-2-10(6,7)8/h2*3H,1-2H3;1-2H2,(H,3,4,5)(H,6,7,8). The Morgan fingerprint density at radius 1 is 0.792 bits per heavy atom. The van der Waals surface area contributed by atoms with Gasteiger partial charge >= 0.3 is 0 Å². The highest BCUT2D eigenvalue weighted by Crippen LogP contribution is 2.08. The van der Waals surface area contributed by atoms with Crippen LogP contribution < -0.4 is 0 Å². The first kappa shape index (κ1) is 23.1. The van der Waals surface area contributed by atoms with Gasteiger partial charge in [0.15, 0.2) is 0 Å². The van der Waals surface area contributed by atoms with Crippen LogP contribution in [0.2, 0.25) is 0 Å². The lowest BCUT2D eigenvalue weighted by molar-refractivity contribution is 0.472. The van der Waals surface area contributed by atoms with E-state index >= 15 is 0 Å². The van der Waals surface area contributed by atoms with Crippen LogP contribution in [0, 0.1) is 27.7 Å². The summed E-state index contributed by atoms with van der Waals surface area (Å²) in [7, 11) is -8.59. The minimum Gasteiger partial charge on any atom is -0.286 e. The number of thiazole rings is 2. The zero-order chi connectivity index (χ0) is 19.0. The lowest BCUT2D eigenvalue weighted by Crippen LogP contribution is -2.15. The Balaban J connectivity index is 0.000000337. The van der Waals surface area contributed by atoms with Gasteiger partial charge in [0.2, 0.25) is 0 Å². The second kappa shape index (κ2) is 10.2. The molecule has 12 heteroatoms. The zero-order valence-corrected chi connectivity index (χ0v) is 16.9. The molecule has 138 valence electrons. The maximum Gasteiger partial charge on any atom is 0.265 e. The summed E-state index contributed by atoms with van der Waals surface area (Å²) in [5.74, 6) is -1.96. The highest BCUT2D eigenvalue weighted by atomic mass is 32.2. The molecule has 24 heavy (non-hydrogen) atoms. The highest BCUT2D eigenvalue weighted by molar-refractivity contribution is 7.89.